The molecule has 1 aromatic carbocycles. The quantitative estimate of drug-likeness (QED) is 0.863. The van der Waals surface area contributed by atoms with E-state index in [1.807, 2.05) is 0 Å². The molecule has 0 saturated carbocycles. The Bertz CT molecular complexity index is 533. The summed E-state index contributed by atoms with van der Waals surface area (Å²) < 4.78 is 13.1. The first-order valence-corrected chi connectivity index (χ1v) is 8.55. The van der Waals surface area contributed by atoms with Crippen molar-refractivity contribution in [1.82, 2.24) is 15.1 Å². The summed E-state index contributed by atoms with van der Waals surface area (Å²) in [5, 5.41) is 2.87. The lowest BCUT2D eigenvalue weighted by Gasteiger charge is -2.35. The highest BCUT2D eigenvalue weighted by molar-refractivity contribution is 6.31. The highest BCUT2D eigenvalue weighted by atomic mass is 35.5. The van der Waals surface area contributed by atoms with E-state index < -0.39 is 5.82 Å². The van der Waals surface area contributed by atoms with Crippen LogP contribution in [0, 0.1) is 11.7 Å². The molecule has 128 valence electrons. The van der Waals surface area contributed by atoms with Crippen LogP contribution in [0.15, 0.2) is 18.2 Å². The number of amides is 1. The monoisotopic (exact) mass is 341 g/mol. The van der Waals surface area contributed by atoms with Gasteiger partial charge >= 0.3 is 0 Å². The summed E-state index contributed by atoms with van der Waals surface area (Å²) in [5.74, 6) is -0.361. The largest absolute Gasteiger partial charge is 0.352 e. The molecule has 0 aromatic heterocycles. The fourth-order valence-corrected chi connectivity index (χ4v) is 2.98. The van der Waals surface area contributed by atoms with Gasteiger partial charge in [-0.2, -0.15) is 0 Å². The van der Waals surface area contributed by atoms with E-state index in [-0.39, 0.29) is 10.9 Å². The van der Waals surface area contributed by atoms with Crippen molar-refractivity contribution in [3.05, 3.63) is 34.6 Å². The number of benzene rings is 1. The van der Waals surface area contributed by atoms with Crippen molar-refractivity contribution in [2.75, 3.05) is 45.8 Å². The Kier molecular flexibility index (Phi) is 6.81. The summed E-state index contributed by atoms with van der Waals surface area (Å²) in [5.41, 5.74) is 0.389. The first-order valence-electron chi connectivity index (χ1n) is 8.17. The molecule has 4 nitrogen and oxygen atoms in total. The normalized spacial score (nSPS) is 17.9. The van der Waals surface area contributed by atoms with Crippen molar-refractivity contribution in [3.63, 3.8) is 0 Å². The molecule has 0 spiro atoms. The third-order valence-electron chi connectivity index (χ3n) is 4.27. The summed E-state index contributed by atoms with van der Waals surface area (Å²) in [6.07, 6.45) is 0. The fourth-order valence-electron chi connectivity index (χ4n) is 2.80. The molecule has 1 aliphatic rings. The Morgan fingerprint density at radius 2 is 1.96 bits per heavy atom. The molecule has 0 bridgehead atoms. The lowest BCUT2D eigenvalue weighted by molar-refractivity contribution is 0.0933. The van der Waals surface area contributed by atoms with E-state index in [1.165, 1.54) is 18.2 Å². The number of likely N-dealkylation sites (N-methyl/N-ethyl adjacent to an activating group) is 1. The second-order valence-corrected chi connectivity index (χ2v) is 6.59. The SMILES string of the molecule is CCN1CCN(CC(C)CNC(=O)c2ccc(F)c(Cl)c2)CC1. The predicted octanol–water partition coefficient (Wildman–Crippen LogP) is 2.48. The van der Waals surface area contributed by atoms with Gasteiger partial charge in [-0.15, -0.1) is 0 Å². The predicted molar refractivity (Wildman–Crippen MR) is 91.5 cm³/mol. The molecule has 1 atom stereocenters. The van der Waals surface area contributed by atoms with Crippen LogP contribution in [0.2, 0.25) is 5.02 Å². The van der Waals surface area contributed by atoms with Crippen LogP contribution >= 0.6 is 11.6 Å². The van der Waals surface area contributed by atoms with Crippen LogP contribution < -0.4 is 5.32 Å². The number of rotatable bonds is 6. The molecule has 6 heteroatoms. The molecule has 1 heterocycles. The molecule has 1 fully saturated rings. The van der Waals surface area contributed by atoms with Crippen LogP contribution in [0.3, 0.4) is 0 Å². The van der Waals surface area contributed by atoms with Gasteiger partial charge in [0.2, 0.25) is 0 Å². The van der Waals surface area contributed by atoms with Gasteiger partial charge < -0.3 is 15.1 Å². The maximum absolute atomic E-state index is 13.1. The maximum atomic E-state index is 13.1. The second-order valence-electron chi connectivity index (χ2n) is 6.18. The molecule has 1 amide bonds. The van der Waals surface area contributed by atoms with Gasteiger partial charge in [-0.1, -0.05) is 25.4 Å². The van der Waals surface area contributed by atoms with Crippen molar-refractivity contribution in [2.24, 2.45) is 5.92 Å². The van der Waals surface area contributed by atoms with E-state index in [0.29, 0.717) is 18.0 Å². The zero-order valence-electron chi connectivity index (χ0n) is 13.8. The number of carbonyl (C=O) groups excluding carboxylic acids is 1. The van der Waals surface area contributed by atoms with Crippen molar-refractivity contribution in [1.29, 1.82) is 0 Å². The number of nitrogens with one attached hydrogen (secondary N) is 1. The maximum Gasteiger partial charge on any atom is 0.251 e. The highest BCUT2D eigenvalue weighted by Crippen LogP contribution is 2.16. The fraction of sp³-hybridized carbons (Fsp3) is 0.588. The zero-order valence-corrected chi connectivity index (χ0v) is 14.6. The minimum absolute atomic E-state index is 0.0282. The van der Waals surface area contributed by atoms with Crippen molar-refractivity contribution in [2.45, 2.75) is 13.8 Å². The van der Waals surface area contributed by atoms with Crippen molar-refractivity contribution >= 4 is 17.5 Å². The molecule has 1 N–H and O–H groups in total. The Morgan fingerprint density at radius 3 is 2.57 bits per heavy atom. The van der Waals surface area contributed by atoms with Gasteiger partial charge in [-0.3, -0.25) is 4.79 Å². The molecule has 2 rings (SSSR count). The smallest absolute Gasteiger partial charge is 0.251 e. The highest BCUT2D eigenvalue weighted by Gasteiger charge is 2.18. The molecular weight excluding hydrogens is 317 g/mol. The summed E-state index contributed by atoms with van der Waals surface area (Å²) >= 11 is 5.71. The topological polar surface area (TPSA) is 35.6 Å². The Labute approximate surface area is 142 Å². The number of carbonyl (C=O) groups is 1. The number of piperazine rings is 1. The summed E-state index contributed by atoms with van der Waals surface area (Å²) in [6, 6.07) is 4.03. The Hall–Kier alpha value is -1.17. The molecular formula is C17H25ClFN3O. The molecule has 1 aromatic rings. The van der Waals surface area contributed by atoms with Gasteiger partial charge in [-0.05, 0) is 30.7 Å². The molecule has 1 unspecified atom stereocenters. The first-order chi connectivity index (χ1) is 11.0. The van der Waals surface area contributed by atoms with E-state index in [2.05, 4.69) is 29.0 Å². The molecule has 23 heavy (non-hydrogen) atoms. The summed E-state index contributed by atoms with van der Waals surface area (Å²) in [7, 11) is 0. The number of hydrogen-bond donors (Lipinski definition) is 1. The molecule has 0 aliphatic carbocycles. The number of nitrogens with zero attached hydrogens (tertiary/aromatic N) is 2. The van der Waals surface area contributed by atoms with E-state index in [9.17, 15) is 9.18 Å². The van der Waals surface area contributed by atoms with Gasteiger partial charge in [0.1, 0.15) is 5.82 Å². The molecule has 0 radical (unpaired) electrons. The first kappa shape index (κ1) is 18.2. The Balaban J connectivity index is 1.74. The summed E-state index contributed by atoms with van der Waals surface area (Å²) in [6.45, 7) is 11.4. The van der Waals surface area contributed by atoms with Crippen molar-refractivity contribution < 1.29 is 9.18 Å². The minimum atomic E-state index is -0.511. The van der Waals surface area contributed by atoms with Crippen LogP contribution in [0.1, 0.15) is 24.2 Å². The number of halogens is 2. The van der Waals surface area contributed by atoms with Gasteiger partial charge in [0, 0.05) is 44.8 Å². The lowest BCUT2D eigenvalue weighted by Crippen LogP contribution is -2.48. The number of hydrogen-bond acceptors (Lipinski definition) is 3. The lowest BCUT2D eigenvalue weighted by atomic mass is 10.1. The van der Waals surface area contributed by atoms with Crippen LogP contribution in [-0.2, 0) is 0 Å². The van der Waals surface area contributed by atoms with E-state index in [1.54, 1.807) is 0 Å². The Morgan fingerprint density at radius 1 is 1.30 bits per heavy atom. The third-order valence-corrected chi connectivity index (χ3v) is 4.56. The van der Waals surface area contributed by atoms with E-state index in [4.69, 9.17) is 11.6 Å². The van der Waals surface area contributed by atoms with Crippen LogP contribution in [0.4, 0.5) is 4.39 Å². The van der Waals surface area contributed by atoms with Crippen LogP contribution in [0.25, 0.3) is 0 Å². The van der Waals surface area contributed by atoms with Crippen molar-refractivity contribution in [3.8, 4) is 0 Å². The van der Waals surface area contributed by atoms with Gasteiger partial charge in [0.25, 0.3) is 5.91 Å². The molecule has 1 saturated heterocycles. The van der Waals surface area contributed by atoms with Gasteiger partial charge in [0.15, 0.2) is 0 Å². The van der Waals surface area contributed by atoms with Gasteiger partial charge in [0.05, 0.1) is 5.02 Å². The average Bonchev–Trinajstić information content (AvgIpc) is 2.56. The second kappa shape index (κ2) is 8.62. The third kappa shape index (κ3) is 5.44. The summed E-state index contributed by atoms with van der Waals surface area (Å²) in [4.78, 5) is 17.0. The van der Waals surface area contributed by atoms with E-state index in [0.717, 1.165) is 39.3 Å². The zero-order chi connectivity index (χ0) is 16.8. The molecule has 1 aliphatic heterocycles. The minimum Gasteiger partial charge on any atom is -0.352 e. The van der Waals surface area contributed by atoms with Crippen LogP contribution in [-0.4, -0.2) is 61.5 Å². The van der Waals surface area contributed by atoms with Gasteiger partial charge in [-0.25, -0.2) is 4.39 Å². The standard InChI is InChI=1S/C17H25ClFN3O/c1-3-21-6-8-22(9-7-21)12-13(2)11-20-17(23)14-4-5-16(19)15(18)10-14/h4-5,10,13H,3,6-9,11-12H2,1-2H3,(H,20,23). The van der Waals surface area contributed by atoms with Crippen LogP contribution in [0.5, 0.6) is 0 Å². The average molecular weight is 342 g/mol. The van der Waals surface area contributed by atoms with E-state index >= 15 is 0 Å².